The third-order valence-corrected chi connectivity index (χ3v) is 4.44. The second-order valence-corrected chi connectivity index (χ2v) is 6.18. The lowest BCUT2D eigenvalue weighted by molar-refractivity contribution is 0.167. The molecule has 3 aliphatic rings. The van der Waals surface area contributed by atoms with E-state index in [-0.39, 0.29) is 0 Å². The van der Waals surface area contributed by atoms with Gasteiger partial charge in [0.05, 0.1) is 0 Å². The molecule has 3 fully saturated rings. The summed E-state index contributed by atoms with van der Waals surface area (Å²) < 4.78 is 0. The standard InChI is InChI=1S/C14H26N2/c1-2-14(7-9-15-8-1)16(10-12-3-4-12)11-13-5-6-13/h12-15H,1-11H2. The summed E-state index contributed by atoms with van der Waals surface area (Å²) in [5, 5.41) is 3.54. The maximum Gasteiger partial charge on any atom is 0.0108 e. The second kappa shape index (κ2) is 5.05. The SMILES string of the molecule is C1CNCCC(N(CC2CC2)CC2CC2)C1. The van der Waals surface area contributed by atoms with Gasteiger partial charge < -0.3 is 5.32 Å². The van der Waals surface area contributed by atoms with Gasteiger partial charge in [-0.25, -0.2) is 0 Å². The van der Waals surface area contributed by atoms with Gasteiger partial charge in [-0.2, -0.15) is 0 Å². The molecule has 0 aromatic heterocycles. The first-order valence-electron chi connectivity index (χ1n) is 7.36. The highest BCUT2D eigenvalue weighted by Crippen LogP contribution is 2.35. The second-order valence-electron chi connectivity index (χ2n) is 6.18. The van der Waals surface area contributed by atoms with Crippen molar-refractivity contribution in [3.8, 4) is 0 Å². The lowest BCUT2D eigenvalue weighted by atomic mass is 10.1. The number of nitrogens with zero attached hydrogens (tertiary/aromatic N) is 1. The van der Waals surface area contributed by atoms with Crippen LogP contribution in [0.3, 0.4) is 0 Å². The van der Waals surface area contributed by atoms with Crippen LogP contribution in [0.15, 0.2) is 0 Å². The molecule has 2 nitrogen and oxygen atoms in total. The first-order valence-corrected chi connectivity index (χ1v) is 7.36. The molecule has 1 saturated heterocycles. The monoisotopic (exact) mass is 222 g/mol. The van der Waals surface area contributed by atoms with Gasteiger partial charge in [-0.15, -0.1) is 0 Å². The van der Waals surface area contributed by atoms with Crippen LogP contribution in [-0.2, 0) is 0 Å². The van der Waals surface area contributed by atoms with E-state index in [2.05, 4.69) is 10.2 Å². The van der Waals surface area contributed by atoms with Gasteiger partial charge in [0.15, 0.2) is 0 Å². The van der Waals surface area contributed by atoms with E-state index >= 15 is 0 Å². The topological polar surface area (TPSA) is 15.3 Å². The molecule has 92 valence electrons. The molecule has 16 heavy (non-hydrogen) atoms. The van der Waals surface area contributed by atoms with Gasteiger partial charge in [0.2, 0.25) is 0 Å². The van der Waals surface area contributed by atoms with Crippen LogP contribution in [0.4, 0.5) is 0 Å². The van der Waals surface area contributed by atoms with Crippen LogP contribution >= 0.6 is 0 Å². The van der Waals surface area contributed by atoms with Crippen molar-refractivity contribution in [1.29, 1.82) is 0 Å². The van der Waals surface area contributed by atoms with E-state index in [9.17, 15) is 0 Å². The maximum atomic E-state index is 3.54. The zero-order valence-electron chi connectivity index (χ0n) is 10.5. The van der Waals surface area contributed by atoms with Crippen molar-refractivity contribution in [3.63, 3.8) is 0 Å². The molecule has 0 radical (unpaired) electrons. The van der Waals surface area contributed by atoms with Crippen LogP contribution in [0.2, 0.25) is 0 Å². The molecule has 1 aliphatic heterocycles. The Labute approximate surface area is 99.8 Å². The number of hydrogen-bond acceptors (Lipinski definition) is 2. The molecule has 0 amide bonds. The van der Waals surface area contributed by atoms with E-state index in [0.29, 0.717) is 0 Å². The summed E-state index contributed by atoms with van der Waals surface area (Å²) in [5.74, 6) is 2.13. The van der Waals surface area contributed by atoms with Crippen molar-refractivity contribution >= 4 is 0 Å². The lowest BCUT2D eigenvalue weighted by Crippen LogP contribution is -2.39. The first kappa shape index (κ1) is 11.0. The quantitative estimate of drug-likeness (QED) is 0.767. The van der Waals surface area contributed by atoms with Crippen molar-refractivity contribution in [3.05, 3.63) is 0 Å². The minimum absolute atomic E-state index is 0.899. The maximum absolute atomic E-state index is 3.54. The van der Waals surface area contributed by atoms with Crippen molar-refractivity contribution < 1.29 is 0 Å². The highest BCUT2D eigenvalue weighted by atomic mass is 15.2. The predicted molar refractivity (Wildman–Crippen MR) is 67.5 cm³/mol. The summed E-state index contributed by atoms with van der Waals surface area (Å²) in [6, 6.07) is 0.899. The molecule has 2 heteroatoms. The molecular formula is C14H26N2. The Morgan fingerprint density at radius 1 is 0.812 bits per heavy atom. The third kappa shape index (κ3) is 3.21. The van der Waals surface area contributed by atoms with Gasteiger partial charge in [0.25, 0.3) is 0 Å². The minimum atomic E-state index is 0.899. The highest BCUT2D eigenvalue weighted by Gasteiger charge is 2.32. The van der Waals surface area contributed by atoms with Gasteiger partial charge in [-0.05, 0) is 69.9 Å². The van der Waals surface area contributed by atoms with E-state index < -0.39 is 0 Å². The average Bonchev–Trinajstić information content (AvgIpc) is 3.15. The third-order valence-electron chi connectivity index (χ3n) is 4.44. The van der Waals surface area contributed by atoms with Gasteiger partial charge in [0, 0.05) is 19.1 Å². The number of nitrogens with one attached hydrogen (secondary N) is 1. The van der Waals surface area contributed by atoms with Crippen molar-refractivity contribution in [2.24, 2.45) is 11.8 Å². The van der Waals surface area contributed by atoms with Crippen molar-refractivity contribution in [2.75, 3.05) is 26.2 Å². The fourth-order valence-corrected chi connectivity index (χ4v) is 3.00. The molecule has 2 aliphatic carbocycles. The van der Waals surface area contributed by atoms with E-state index in [1.54, 1.807) is 0 Å². The largest absolute Gasteiger partial charge is 0.317 e. The molecule has 2 saturated carbocycles. The summed E-state index contributed by atoms with van der Waals surface area (Å²) >= 11 is 0. The molecule has 0 bridgehead atoms. The zero-order valence-corrected chi connectivity index (χ0v) is 10.5. The molecule has 1 atom stereocenters. The predicted octanol–water partition coefficient (Wildman–Crippen LogP) is 2.25. The fraction of sp³-hybridized carbons (Fsp3) is 1.00. The molecule has 0 spiro atoms. The van der Waals surface area contributed by atoms with Crippen molar-refractivity contribution in [2.45, 2.75) is 51.0 Å². The van der Waals surface area contributed by atoms with Gasteiger partial charge >= 0.3 is 0 Å². The molecule has 3 rings (SSSR count). The fourth-order valence-electron chi connectivity index (χ4n) is 3.00. The first-order chi connectivity index (χ1) is 7.92. The summed E-state index contributed by atoms with van der Waals surface area (Å²) in [5.41, 5.74) is 0. The van der Waals surface area contributed by atoms with Crippen molar-refractivity contribution in [1.82, 2.24) is 10.2 Å². The molecule has 0 aromatic rings. The summed E-state index contributed by atoms with van der Waals surface area (Å²) in [7, 11) is 0. The lowest BCUT2D eigenvalue weighted by Gasteiger charge is -2.31. The van der Waals surface area contributed by atoms with Crippen LogP contribution in [-0.4, -0.2) is 37.1 Å². The van der Waals surface area contributed by atoms with Gasteiger partial charge in [0.1, 0.15) is 0 Å². The minimum Gasteiger partial charge on any atom is -0.317 e. The van der Waals surface area contributed by atoms with Gasteiger partial charge in [-0.1, -0.05) is 0 Å². The molecule has 1 N–H and O–H groups in total. The Bertz CT molecular complexity index is 199. The average molecular weight is 222 g/mol. The van der Waals surface area contributed by atoms with Gasteiger partial charge in [-0.3, -0.25) is 4.90 Å². The van der Waals surface area contributed by atoms with E-state index in [0.717, 1.165) is 17.9 Å². The van der Waals surface area contributed by atoms with E-state index in [4.69, 9.17) is 0 Å². The molecule has 0 aromatic carbocycles. The van der Waals surface area contributed by atoms with Crippen LogP contribution in [0.25, 0.3) is 0 Å². The van der Waals surface area contributed by atoms with Crippen LogP contribution in [0.5, 0.6) is 0 Å². The number of rotatable bonds is 5. The van der Waals surface area contributed by atoms with Crippen LogP contribution in [0, 0.1) is 11.8 Å². The van der Waals surface area contributed by atoms with E-state index in [1.165, 1.54) is 71.1 Å². The zero-order chi connectivity index (χ0) is 10.8. The summed E-state index contributed by atoms with van der Waals surface area (Å²) in [4.78, 5) is 2.86. The molecule has 1 heterocycles. The van der Waals surface area contributed by atoms with Crippen LogP contribution < -0.4 is 5.32 Å². The Balaban J connectivity index is 1.54. The Kier molecular flexibility index (Phi) is 3.49. The molecular weight excluding hydrogens is 196 g/mol. The normalized spacial score (nSPS) is 31.7. The number of hydrogen-bond donors (Lipinski definition) is 1. The highest BCUT2D eigenvalue weighted by molar-refractivity contribution is 4.86. The summed E-state index contributed by atoms with van der Waals surface area (Å²) in [6.07, 6.45) is 10.2. The summed E-state index contributed by atoms with van der Waals surface area (Å²) in [6.45, 7) is 5.33. The Hall–Kier alpha value is -0.0800. The Morgan fingerprint density at radius 3 is 2.12 bits per heavy atom. The molecule has 1 unspecified atom stereocenters. The van der Waals surface area contributed by atoms with Crippen LogP contribution in [0.1, 0.15) is 44.9 Å². The Morgan fingerprint density at radius 2 is 1.50 bits per heavy atom. The van der Waals surface area contributed by atoms with E-state index in [1.807, 2.05) is 0 Å². The smallest absolute Gasteiger partial charge is 0.0108 e.